The third-order valence-corrected chi connectivity index (χ3v) is 5.92. The van der Waals surface area contributed by atoms with Crippen LogP contribution in [0, 0.1) is 0 Å². The highest BCUT2D eigenvalue weighted by atomic mass is 32.2. The lowest BCUT2D eigenvalue weighted by Gasteiger charge is -2.16. The number of carbonyl (C=O) groups excluding carboxylic acids is 1. The van der Waals surface area contributed by atoms with Crippen LogP contribution in [0.5, 0.6) is 11.5 Å². The lowest BCUT2D eigenvalue weighted by Crippen LogP contribution is -2.32. The maximum atomic E-state index is 13.0. The summed E-state index contributed by atoms with van der Waals surface area (Å²) in [6, 6.07) is 8.67. The molecule has 0 unspecified atom stereocenters. The fourth-order valence-electron chi connectivity index (χ4n) is 2.89. The first-order valence-electron chi connectivity index (χ1n) is 8.93. The average Bonchev–Trinajstić information content (AvgIpc) is 3.15. The Morgan fingerprint density at radius 1 is 1.13 bits per heavy atom. The Balaban J connectivity index is 1.57. The highest BCUT2D eigenvalue weighted by molar-refractivity contribution is 7.89. The van der Waals surface area contributed by atoms with Gasteiger partial charge in [0.1, 0.15) is 0 Å². The lowest BCUT2D eigenvalue weighted by atomic mass is 10.1. The summed E-state index contributed by atoms with van der Waals surface area (Å²) in [7, 11) is -4.44. The second-order valence-corrected chi connectivity index (χ2v) is 8.28. The van der Waals surface area contributed by atoms with E-state index in [4.69, 9.17) is 9.47 Å². The number of hydrogen-bond acceptors (Lipinski definition) is 5. The summed E-state index contributed by atoms with van der Waals surface area (Å²) in [5, 5.41) is 2.70. The van der Waals surface area contributed by atoms with Crippen LogP contribution in [-0.2, 0) is 21.0 Å². The van der Waals surface area contributed by atoms with Crippen LogP contribution in [0.4, 0.5) is 13.2 Å². The van der Waals surface area contributed by atoms with E-state index in [2.05, 4.69) is 5.32 Å². The topological polar surface area (TPSA) is 93.7 Å². The van der Waals surface area contributed by atoms with Crippen molar-refractivity contribution in [3.05, 3.63) is 53.6 Å². The summed E-state index contributed by atoms with van der Waals surface area (Å²) >= 11 is 0. The highest BCUT2D eigenvalue weighted by Crippen LogP contribution is 2.35. The van der Waals surface area contributed by atoms with Crippen molar-refractivity contribution in [2.45, 2.75) is 30.5 Å². The number of amides is 1. The van der Waals surface area contributed by atoms with E-state index in [9.17, 15) is 26.4 Å². The standard InChI is InChI=1S/C19H19F3N2O5S/c1-12(13-6-7-15-16(10-13)29-11-28-15)24-18(25)8-9-23-30(26,27)17-5-3-2-4-14(17)19(20,21)22/h2-7,10,12,23H,8-9,11H2,1H3,(H,24,25)/t12-/m0/s1. The number of alkyl halides is 3. The van der Waals surface area contributed by atoms with Gasteiger partial charge >= 0.3 is 6.18 Å². The molecule has 2 aromatic carbocycles. The summed E-state index contributed by atoms with van der Waals surface area (Å²) in [5.74, 6) is 0.697. The largest absolute Gasteiger partial charge is 0.454 e. The predicted octanol–water partition coefficient (Wildman–Crippen LogP) is 2.98. The SMILES string of the molecule is C[C@H](NC(=O)CCNS(=O)(=O)c1ccccc1C(F)(F)F)c1ccc2c(c1)OCO2. The molecule has 2 N–H and O–H groups in total. The molecule has 162 valence electrons. The second-order valence-electron chi connectivity index (χ2n) is 6.54. The van der Waals surface area contributed by atoms with E-state index in [1.165, 1.54) is 6.07 Å². The molecule has 0 aromatic heterocycles. The number of hydrogen-bond donors (Lipinski definition) is 2. The smallest absolute Gasteiger partial charge is 0.417 e. The first-order valence-corrected chi connectivity index (χ1v) is 10.4. The molecule has 1 amide bonds. The van der Waals surface area contributed by atoms with E-state index in [0.717, 1.165) is 17.7 Å². The van der Waals surface area contributed by atoms with E-state index >= 15 is 0 Å². The normalized spacial score (nSPS) is 14.4. The van der Waals surface area contributed by atoms with Crippen molar-refractivity contribution in [2.24, 2.45) is 0 Å². The number of fused-ring (bicyclic) bond motifs is 1. The summed E-state index contributed by atoms with van der Waals surface area (Å²) in [6.45, 7) is 1.50. The molecule has 1 heterocycles. The molecule has 0 saturated carbocycles. The summed E-state index contributed by atoms with van der Waals surface area (Å²) in [4.78, 5) is 11.2. The Hall–Kier alpha value is -2.79. The van der Waals surface area contributed by atoms with E-state index in [1.807, 2.05) is 4.72 Å². The predicted molar refractivity (Wildman–Crippen MR) is 100 cm³/mol. The molecule has 11 heteroatoms. The van der Waals surface area contributed by atoms with Gasteiger partial charge in [0.2, 0.25) is 22.7 Å². The molecule has 3 rings (SSSR count). The van der Waals surface area contributed by atoms with Crippen molar-refractivity contribution < 1.29 is 35.9 Å². The van der Waals surface area contributed by atoms with Gasteiger partial charge in [0, 0.05) is 13.0 Å². The maximum absolute atomic E-state index is 13.0. The van der Waals surface area contributed by atoms with Crippen molar-refractivity contribution >= 4 is 15.9 Å². The van der Waals surface area contributed by atoms with Gasteiger partial charge < -0.3 is 14.8 Å². The molecule has 30 heavy (non-hydrogen) atoms. The minimum absolute atomic E-state index is 0.122. The van der Waals surface area contributed by atoms with E-state index < -0.39 is 38.6 Å². The molecule has 0 bridgehead atoms. The molecule has 1 aliphatic rings. The quantitative estimate of drug-likeness (QED) is 0.685. The molecular formula is C19H19F3N2O5S. The lowest BCUT2D eigenvalue weighted by molar-refractivity contribution is -0.139. The van der Waals surface area contributed by atoms with Crippen molar-refractivity contribution in [3.63, 3.8) is 0 Å². The minimum Gasteiger partial charge on any atom is -0.454 e. The summed E-state index contributed by atoms with van der Waals surface area (Å²) in [5.41, 5.74) is -0.509. The van der Waals surface area contributed by atoms with Crippen LogP contribution in [0.2, 0.25) is 0 Å². The zero-order chi connectivity index (χ0) is 21.9. The van der Waals surface area contributed by atoms with Crippen LogP contribution in [-0.4, -0.2) is 27.7 Å². The Morgan fingerprint density at radius 3 is 2.57 bits per heavy atom. The van der Waals surface area contributed by atoms with Gasteiger partial charge in [0.25, 0.3) is 0 Å². The fraction of sp³-hybridized carbons (Fsp3) is 0.316. The summed E-state index contributed by atoms with van der Waals surface area (Å²) in [6.07, 6.45) is -5.06. The number of halogens is 3. The van der Waals surface area contributed by atoms with Gasteiger partial charge in [-0.2, -0.15) is 13.2 Å². The monoisotopic (exact) mass is 444 g/mol. The number of carbonyl (C=O) groups is 1. The molecule has 1 atom stereocenters. The Bertz CT molecular complexity index is 1040. The molecule has 0 saturated heterocycles. The van der Waals surface area contributed by atoms with Crippen LogP contribution in [0.3, 0.4) is 0 Å². The van der Waals surface area contributed by atoms with Crippen LogP contribution in [0.1, 0.15) is 30.5 Å². The van der Waals surface area contributed by atoms with Gasteiger partial charge in [0.05, 0.1) is 16.5 Å². The third kappa shape index (κ3) is 5.03. The molecule has 0 aliphatic carbocycles. The van der Waals surface area contributed by atoms with Gasteiger partial charge in [-0.25, -0.2) is 13.1 Å². The first kappa shape index (κ1) is 21.9. The second kappa shape index (κ2) is 8.52. The van der Waals surface area contributed by atoms with E-state index in [-0.39, 0.29) is 19.8 Å². The van der Waals surface area contributed by atoms with E-state index in [0.29, 0.717) is 17.6 Å². The number of benzene rings is 2. The van der Waals surface area contributed by atoms with Gasteiger partial charge in [0.15, 0.2) is 11.5 Å². The van der Waals surface area contributed by atoms with Gasteiger partial charge in [-0.05, 0) is 36.8 Å². The van der Waals surface area contributed by atoms with Gasteiger partial charge in [-0.3, -0.25) is 4.79 Å². The van der Waals surface area contributed by atoms with Crippen LogP contribution < -0.4 is 19.5 Å². The Kier molecular flexibility index (Phi) is 6.22. The molecule has 0 spiro atoms. The van der Waals surface area contributed by atoms with Crippen LogP contribution >= 0.6 is 0 Å². The molecule has 7 nitrogen and oxygen atoms in total. The maximum Gasteiger partial charge on any atom is 0.417 e. The first-order chi connectivity index (χ1) is 14.1. The van der Waals surface area contributed by atoms with Crippen molar-refractivity contribution in [2.75, 3.05) is 13.3 Å². The highest BCUT2D eigenvalue weighted by Gasteiger charge is 2.36. The number of rotatable bonds is 7. The minimum atomic E-state index is -4.82. The Labute approximate surface area is 171 Å². The van der Waals surface area contributed by atoms with Crippen LogP contribution in [0.15, 0.2) is 47.4 Å². The zero-order valence-corrected chi connectivity index (χ0v) is 16.6. The number of nitrogens with one attached hydrogen (secondary N) is 2. The van der Waals surface area contributed by atoms with E-state index in [1.54, 1.807) is 25.1 Å². The van der Waals surface area contributed by atoms with Crippen molar-refractivity contribution in [1.82, 2.24) is 10.0 Å². The Morgan fingerprint density at radius 2 is 1.83 bits per heavy atom. The van der Waals surface area contributed by atoms with Gasteiger partial charge in [-0.15, -0.1) is 0 Å². The molecular weight excluding hydrogens is 425 g/mol. The summed E-state index contributed by atoms with van der Waals surface area (Å²) < 4.78 is 76.2. The van der Waals surface area contributed by atoms with Gasteiger partial charge in [-0.1, -0.05) is 18.2 Å². The van der Waals surface area contributed by atoms with Crippen molar-refractivity contribution in [3.8, 4) is 11.5 Å². The molecule has 2 aromatic rings. The number of ether oxygens (including phenoxy) is 2. The van der Waals surface area contributed by atoms with Crippen molar-refractivity contribution in [1.29, 1.82) is 0 Å². The van der Waals surface area contributed by atoms with Crippen LogP contribution in [0.25, 0.3) is 0 Å². The molecule has 0 radical (unpaired) electrons. The fourth-order valence-corrected chi connectivity index (χ4v) is 4.15. The molecule has 0 fully saturated rings. The average molecular weight is 444 g/mol. The zero-order valence-electron chi connectivity index (χ0n) is 15.8. The molecule has 1 aliphatic heterocycles. The third-order valence-electron chi connectivity index (χ3n) is 4.40. The number of sulfonamides is 1.